The van der Waals surface area contributed by atoms with Crippen LogP contribution in [-0.2, 0) is 5.54 Å². The summed E-state index contributed by atoms with van der Waals surface area (Å²) in [5.41, 5.74) is 7.06. The minimum atomic E-state index is -0.277. The highest BCUT2D eigenvalue weighted by Crippen LogP contribution is 2.18. The lowest BCUT2D eigenvalue weighted by Gasteiger charge is -2.23. The number of anilines is 2. The fraction of sp³-hybridized carbons (Fsp3) is 0.375. The third-order valence-electron chi connectivity index (χ3n) is 3.35. The zero-order chi connectivity index (χ0) is 15.6. The molecule has 0 aliphatic carbocycles. The molecule has 0 amide bonds. The van der Waals surface area contributed by atoms with Crippen molar-refractivity contribution in [3.05, 3.63) is 52.6 Å². The molecule has 5 nitrogen and oxygen atoms in total. The summed E-state index contributed by atoms with van der Waals surface area (Å²) < 4.78 is 1.68. The average Bonchev–Trinajstić information content (AvgIpc) is 2.40. The molecule has 1 heterocycles. The molecule has 1 aromatic heterocycles. The molecule has 0 aliphatic heterocycles. The minimum absolute atomic E-state index is 0.0263. The van der Waals surface area contributed by atoms with E-state index < -0.39 is 0 Å². The van der Waals surface area contributed by atoms with E-state index in [1.807, 2.05) is 52.0 Å². The molecule has 21 heavy (non-hydrogen) atoms. The molecule has 112 valence electrons. The Bertz CT molecular complexity index is 668. The summed E-state index contributed by atoms with van der Waals surface area (Å²) >= 11 is 0. The van der Waals surface area contributed by atoms with Gasteiger partial charge in [0.05, 0.1) is 6.04 Å². The van der Waals surface area contributed by atoms with Crippen LogP contribution < -0.4 is 16.6 Å². The van der Waals surface area contributed by atoms with Gasteiger partial charge in [0.1, 0.15) is 0 Å². The van der Waals surface area contributed by atoms with E-state index in [0.717, 1.165) is 11.3 Å². The van der Waals surface area contributed by atoms with Gasteiger partial charge in [-0.2, -0.15) is 0 Å². The van der Waals surface area contributed by atoms with Gasteiger partial charge in [-0.05, 0) is 45.4 Å². The van der Waals surface area contributed by atoms with Crippen molar-refractivity contribution in [3.63, 3.8) is 0 Å². The maximum atomic E-state index is 12.5. The number of nitrogens with one attached hydrogen (secondary N) is 1. The molecule has 3 N–H and O–H groups in total. The number of nitrogens with zero attached hydrogens (tertiary/aromatic N) is 2. The van der Waals surface area contributed by atoms with Crippen LogP contribution in [0.25, 0.3) is 0 Å². The van der Waals surface area contributed by atoms with Crippen LogP contribution in [0.2, 0.25) is 0 Å². The smallest absolute Gasteiger partial charge is 0.293 e. The highest BCUT2D eigenvalue weighted by molar-refractivity contribution is 5.42. The molecule has 0 radical (unpaired) electrons. The van der Waals surface area contributed by atoms with Crippen molar-refractivity contribution in [2.24, 2.45) is 0 Å². The molecule has 0 bridgehead atoms. The Morgan fingerprint density at radius 2 is 1.86 bits per heavy atom. The fourth-order valence-electron chi connectivity index (χ4n) is 2.11. The van der Waals surface area contributed by atoms with Crippen molar-refractivity contribution in [2.45, 2.75) is 39.3 Å². The molecule has 0 spiro atoms. The van der Waals surface area contributed by atoms with E-state index in [0.29, 0.717) is 5.82 Å². The van der Waals surface area contributed by atoms with E-state index in [2.05, 4.69) is 10.3 Å². The Balaban J connectivity index is 2.28. The Hall–Kier alpha value is -2.30. The van der Waals surface area contributed by atoms with Crippen molar-refractivity contribution in [1.29, 1.82) is 0 Å². The normalized spacial score (nSPS) is 13.0. The lowest BCUT2D eigenvalue weighted by molar-refractivity contribution is 0.383. The summed E-state index contributed by atoms with van der Waals surface area (Å²) in [7, 11) is 0. The maximum absolute atomic E-state index is 12.5. The Morgan fingerprint density at radius 1 is 1.24 bits per heavy atom. The van der Waals surface area contributed by atoms with Gasteiger partial charge in [0, 0.05) is 23.6 Å². The predicted octanol–water partition coefficient (Wildman–Crippen LogP) is 2.75. The predicted molar refractivity (Wildman–Crippen MR) is 86.4 cm³/mol. The molecule has 1 unspecified atom stereocenters. The monoisotopic (exact) mass is 286 g/mol. The molecular weight excluding hydrogens is 264 g/mol. The molecule has 1 atom stereocenters. The first-order chi connectivity index (χ1) is 9.79. The fourth-order valence-corrected chi connectivity index (χ4v) is 2.11. The van der Waals surface area contributed by atoms with Crippen molar-refractivity contribution in [1.82, 2.24) is 9.55 Å². The van der Waals surface area contributed by atoms with Gasteiger partial charge >= 0.3 is 0 Å². The number of nitrogens with two attached hydrogens (primary N) is 1. The van der Waals surface area contributed by atoms with Crippen LogP contribution >= 0.6 is 0 Å². The number of hydrogen-bond donors (Lipinski definition) is 2. The van der Waals surface area contributed by atoms with Crippen molar-refractivity contribution >= 4 is 11.5 Å². The second-order valence-electron chi connectivity index (χ2n) is 6.15. The van der Waals surface area contributed by atoms with Gasteiger partial charge in [-0.1, -0.05) is 12.1 Å². The van der Waals surface area contributed by atoms with E-state index >= 15 is 0 Å². The summed E-state index contributed by atoms with van der Waals surface area (Å²) in [5.74, 6) is 0.358. The lowest BCUT2D eigenvalue weighted by atomic mass is 10.1. The van der Waals surface area contributed by atoms with Gasteiger partial charge in [-0.25, -0.2) is 4.98 Å². The van der Waals surface area contributed by atoms with Crippen LogP contribution in [0.5, 0.6) is 0 Å². The summed E-state index contributed by atoms with van der Waals surface area (Å²) in [5, 5.41) is 3.17. The second kappa shape index (κ2) is 5.60. The molecular formula is C16H22N4O. The Morgan fingerprint density at radius 3 is 2.43 bits per heavy atom. The van der Waals surface area contributed by atoms with E-state index in [-0.39, 0.29) is 17.1 Å². The molecule has 2 rings (SSSR count). The van der Waals surface area contributed by atoms with E-state index in [1.165, 1.54) is 0 Å². The first kappa shape index (κ1) is 15.1. The quantitative estimate of drug-likeness (QED) is 0.851. The summed E-state index contributed by atoms with van der Waals surface area (Å²) in [6.45, 7) is 7.95. The van der Waals surface area contributed by atoms with Crippen molar-refractivity contribution in [2.75, 3.05) is 11.1 Å². The molecule has 5 heteroatoms. The zero-order valence-electron chi connectivity index (χ0n) is 12.9. The van der Waals surface area contributed by atoms with Crippen molar-refractivity contribution in [3.8, 4) is 0 Å². The van der Waals surface area contributed by atoms with Crippen LogP contribution in [-0.4, -0.2) is 9.55 Å². The van der Waals surface area contributed by atoms with Crippen LogP contribution in [0, 0.1) is 0 Å². The highest BCUT2D eigenvalue weighted by atomic mass is 16.1. The molecule has 0 saturated carbocycles. The second-order valence-corrected chi connectivity index (χ2v) is 6.15. The molecule has 0 saturated heterocycles. The van der Waals surface area contributed by atoms with E-state index in [4.69, 9.17) is 5.73 Å². The van der Waals surface area contributed by atoms with Gasteiger partial charge in [0.15, 0.2) is 5.82 Å². The van der Waals surface area contributed by atoms with Gasteiger partial charge in [-0.15, -0.1) is 0 Å². The third kappa shape index (κ3) is 3.42. The zero-order valence-corrected chi connectivity index (χ0v) is 12.9. The standard InChI is InChI=1S/C16H22N4O/c1-11(12-5-7-13(17)8-6-12)19-14-15(21)20(10-9-18-14)16(2,3)4/h5-11H,17H2,1-4H3,(H,18,19). The summed E-state index contributed by atoms with van der Waals surface area (Å²) in [4.78, 5) is 16.6. The third-order valence-corrected chi connectivity index (χ3v) is 3.35. The van der Waals surface area contributed by atoms with Crippen LogP contribution in [0.15, 0.2) is 41.5 Å². The largest absolute Gasteiger partial charge is 0.399 e. The molecule has 2 aromatic rings. The topological polar surface area (TPSA) is 72.9 Å². The van der Waals surface area contributed by atoms with E-state index in [1.54, 1.807) is 17.0 Å². The van der Waals surface area contributed by atoms with Gasteiger partial charge in [-0.3, -0.25) is 4.79 Å². The van der Waals surface area contributed by atoms with Gasteiger partial charge in [0.2, 0.25) is 0 Å². The van der Waals surface area contributed by atoms with Crippen LogP contribution in [0.3, 0.4) is 0 Å². The molecule has 0 fully saturated rings. The summed E-state index contributed by atoms with van der Waals surface area (Å²) in [6, 6.07) is 7.55. The average molecular weight is 286 g/mol. The van der Waals surface area contributed by atoms with Crippen LogP contribution in [0.1, 0.15) is 39.3 Å². The SMILES string of the molecule is CC(Nc1nccn(C(C)(C)C)c1=O)c1ccc(N)cc1. The lowest BCUT2D eigenvalue weighted by Crippen LogP contribution is -2.35. The molecule has 1 aromatic carbocycles. The van der Waals surface area contributed by atoms with Crippen molar-refractivity contribution < 1.29 is 0 Å². The molecule has 0 aliphatic rings. The number of benzene rings is 1. The number of rotatable bonds is 3. The Labute approximate surface area is 124 Å². The number of nitrogen functional groups attached to an aromatic ring is 1. The number of aromatic nitrogens is 2. The highest BCUT2D eigenvalue weighted by Gasteiger charge is 2.17. The number of hydrogen-bond acceptors (Lipinski definition) is 4. The Kier molecular flexibility index (Phi) is 4.02. The first-order valence-electron chi connectivity index (χ1n) is 6.99. The minimum Gasteiger partial charge on any atom is -0.399 e. The summed E-state index contributed by atoms with van der Waals surface area (Å²) in [6.07, 6.45) is 3.35. The van der Waals surface area contributed by atoms with Gasteiger partial charge in [0.25, 0.3) is 5.56 Å². The van der Waals surface area contributed by atoms with E-state index in [9.17, 15) is 4.79 Å². The maximum Gasteiger partial charge on any atom is 0.293 e. The van der Waals surface area contributed by atoms with Crippen LogP contribution in [0.4, 0.5) is 11.5 Å². The first-order valence-corrected chi connectivity index (χ1v) is 6.99. The van der Waals surface area contributed by atoms with Gasteiger partial charge < -0.3 is 15.6 Å².